The molecule has 0 radical (unpaired) electrons. The maximum absolute atomic E-state index is 5.60. The van der Waals surface area contributed by atoms with Gasteiger partial charge in [0.2, 0.25) is 6.79 Å². The van der Waals surface area contributed by atoms with Crippen LogP contribution in [0.25, 0.3) is 0 Å². The van der Waals surface area contributed by atoms with Crippen LogP contribution >= 0.6 is 0 Å². The van der Waals surface area contributed by atoms with Crippen molar-refractivity contribution in [3.63, 3.8) is 0 Å². The molecule has 3 nitrogen and oxygen atoms in total. The first-order valence-electron chi connectivity index (χ1n) is 9.86. The minimum atomic E-state index is 0.348. The molecule has 26 heavy (non-hydrogen) atoms. The van der Waals surface area contributed by atoms with Crippen LogP contribution in [0.15, 0.2) is 42.5 Å². The quantitative estimate of drug-likeness (QED) is 0.812. The van der Waals surface area contributed by atoms with Gasteiger partial charge in [0.15, 0.2) is 11.5 Å². The third kappa shape index (κ3) is 2.69. The van der Waals surface area contributed by atoms with Gasteiger partial charge in [-0.3, -0.25) is 0 Å². The second kappa shape index (κ2) is 6.31. The van der Waals surface area contributed by atoms with Crippen molar-refractivity contribution in [1.82, 2.24) is 4.90 Å². The Morgan fingerprint density at radius 2 is 1.81 bits per heavy atom. The lowest BCUT2D eigenvalue weighted by atomic mass is 9.73. The topological polar surface area (TPSA) is 21.7 Å². The van der Waals surface area contributed by atoms with Crippen molar-refractivity contribution in [3.05, 3.63) is 59.2 Å². The number of benzene rings is 2. The average Bonchev–Trinajstić information content (AvgIpc) is 3.20. The minimum Gasteiger partial charge on any atom is -0.454 e. The number of rotatable bonds is 3. The predicted octanol–water partition coefficient (Wildman–Crippen LogP) is 4.53. The molecule has 0 aromatic heterocycles. The Kier molecular flexibility index (Phi) is 3.93. The standard InChI is InChI=1S/C23H27NO2/c1-15-3-6-17(7-4-15)19-13-18-8-9-21(24(18)2)20(19)11-16-5-10-22-23(12-16)26-14-25-22/h3-7,10,12,18-21H,8-9,11,13-14H2,1-2H3/t18-,19+,20-,21+/m0/s1. The Morgan fingerprint density at radius 3 is 2.65 bits per heavy atom. The van der Waals surface area contributed by atoms with E-state index in [0.29, 0.717) is 24.7 Å². The third-order valence-electron chi connectivity index (χ3n) is 6.85. The molecule has 2 aromatic carbocycles. The van der Waals surface area contributed by atoms with Crippen LogP contribution in [0.3, 0.4) is 0 Å². The summed E-state index contributed by atoms with van der Waals surface area (Å²) >= 11 is 0. The molecular formula is C23H27NO2. The van der Waals surface area contributed by atoms with Gasteiger partial charge in [-0.1, -0.05) is 35.9 Å². The lowest BCUT2D eigenvalue weighted by Gasteiger charge is -2.43. The largest absolute Gasteiger partial charge is 0.454 e. The molecule has 3 aliphatic rings. The Hall–Kier alpha value is -2.00. The van der Waals surface area contributed by atoms with Crippen LogP contribution in [0.4, 0.5) is 0 Å². The number of hydrogen-bond acceptors (Lipinski definition) is 3. The van der Waals surface area contributed by atoms with Crippen LogP contribution in [0, 0.1) is 12.8 Å². The molecule has 0 amide bonds. The van der Waals surface area contributed by atoms with Crippen molar-refractivity contribution < 1.29 is 9.47 Å². The molecule has 2 bridgehead atoms. The Labute approximate surface area is 155 Å². The number of piperidine rings is 1. The molecule has 0 aliphatic carbocycles. The van der Waals surface area contributed by atoms with Crippen LogP contribution in [-0.4, -0.2) is 30.8 Å². The van der Waals surface area contributed by atoms with Gasteiger partial charge in [-0.2, -0.15) is 0 Å². The maximum Gasteiger partial charge on any atom is 0.231 e. The number of hydrogen-bond donors (Lipinski definition) is 0. The average molecular weight is 349 g/mol. The zero-order chi connectivity index (χ0) is 17.7. The zero-order valence-electron chi connectivity index (χ0n) is 15.7. The highest BCUT2D eigenvalue weighted by Crippen LogP contribution is 2.47. The maximum atomic E-state index is 5.60. The van der Waals surface area contributed by atoms with E-state index in [-0.39, 0.29) is 0 Å². The van der Waals surface area contributed by atoms with Gasteiger partial charge >= 0.3 is 0 Å². The summed E-state index contributed by atoms with van der Waals surface area (Å²) in [6, 6.07) is 17.2. The van der Waals surface area contributed by atoms with E-state index in [1.54, 1.807) is 0 Å². The first kappa shape index (κ1) is 16.2. The monoisotopic (exact) mass is 349 g/mol. The van der Waals surface area contributed by atoms with Gasteiger partial charge in [-0.15, -0.1) is 0 Å². The number of ether oxygens (including phenoxy) is 2. The van der Waals surface area contributed by atoms with Gasteiger partial charge in [-0.25, -0.2) is 0 Å². The van der Waals surface area contributed by atoms with E-state index in [4.69, 9.17) is 9.47 Å². The van der Waals surface area contributed by atoms with Crippen LogP contribution in [0.5, 0.6) is 11.5 Å². The molecule has 0 saturated carbocycles. The molecule has 5 rings (SSSR count). The molecule has 0 unspecified atom stereocenters. The minimum absolute atomic E-state index is 0.348. The number of fused-ring (bicyclic) bond motifs is 3. The van der Waals surface area contributed by atoms with Crippen LogP contribution < -0.4 is 9.47 Å². The van der Waals surface area contributed by atoms with Crippen molar-refractivity contribution in [3.8, 4) is 11.5 Å². The number of aryl methyl sites for hydroxylation is 1. The summed E-state index contributed by atoms with van der Waals surface area (Å²) < 4.78 is 11.1. The Balaban J connectivity index is 1.47. The molecule has 0 spiro atoms. The fourth-order valence-corrected chi connectivity index (χ4v) is 5.39. The fraction of sp³-hybridized carbons (Fsp3) is 0.478. The second-order valence-electron chi connectivity index (χ2n) is 8.27. The second-order valence-corrected chi connectivity index (χ2v) is 8.27. The molecule has 2 fully saturated rings. The van der Waals surface area contributed by atoms with Crippen LogP contribution in [-0.2, 0) is 6.42 Å². The Bertz CT molecular complexity index is 800. The first-order chi connectivity index (χ1) is 12.7. The molecule has 2 saturated heterocycles. The molecule has 4 atom stereocenters. The van der Waals surface area contributed by atoms with E-state index >= 15 is 0 Å². The predicted molar refractivity (Wildman–Crippen MR) is 103 cm³/mol. The molecule has 3 heterocycles. The third-order valence-corrected chi connectivity index (χ3v) is 6.85. The smallest absolute Gasteiger partial charge is 0.231 e. The van der Waals surface area contributed by atoms with Gasteiger partial charge in [0.25, 0.3) is 0 Å². The highest BCUT2D eigenvalue weighted by Gasteiger charge is 2.45. The summed E-state index contributed by atoms with van der Waals surface area (Å²) in [5.74, 6) is 3.09. The summed E-state index contributed by atoms with van der Waals surface area (Å²) in [6.07, 6.45) is 5.07. The summed E-state index contributed by atoms with van der Waals surface area (Å²) in [5.41, 5.74) is 4.23. The highest BCUT2D eigenvalue weighted by molar-refractivity contribution is 5.44. The van der Waals surface area contributed by atoms with Gasteiger partial charge < -0.3 is 14.4 Å². The van der Waals surface area contributed by atoms with Crippen molar-refractivity contribution in [2.45, 2.75) is 50.6 Å². The van der Waals surface area contributed by atoms with Crippen molar-refractivity contribution in [1.29, 1.82) is 0 Å². The summed E-state index contributed by atoms with van der Waals surface area (Å²) in [7, 11) is 2.33. The summed E-state index contributed by atoms with van der Waals surface area (Å²) in [4.78, 5) is 2.66. The van der Waals surface area contributed by atoms with Gasteiger partial charge in [0.1, 0.15) is 0 Å². The summed E-state index contributed by atoms with van der Waals surface area (Å²) in [5, 5.41) is 0. The number of nitrogens with zero attached hydrogens (tertiary/aromatic N) is 1. The zero-order valence-corrected chi connectivity index (χ0v) is 15.7. The molecule has 2 aromatic rings. The molecule has 3 heteroatoms. The van der Waals surface area contributed by atoms with Crippen molar-refractivity contribution in [2.75, 3.05) is 13.8 Å². The first-order valence-corrected chi connectivity index (χ1v) is 9.86. The van der Waals surface area contributed by atoms with Crippen LogP contribution in [0.2, 0.25) is 0 Å². The molecule has 136 valence electrons. The van der Waals surface area contributed by atoms with Gasteiger partial charge in [-0.05, 0) is 74.8 Å². The van der Waals surface area contributed by atoms with Crippen molar-refractivity contribution >= 4 is 0 Å². The lowest BCUT2D eigenvalue weighted by Crippen LogP contribution is -2.46. The van der Waals surface area contributed by atoms with E-state index in [0.717, 1.165) is 24.0 Å². The van der Waals surface area contributed by atoms with E-state index in [1.165, 1.54) is 36.0 Å². The molecular weight excluding hydrogens is 322 g/mol. The van der Waals surface area contributed by atoms with Gasteiger partial charge in [0, 0.05) is 12.1 Å². The lowest BCUT2D eigenvalue weighted by molar-refractivity contribution is 0.0996. The van der Waals surface area contributed by atoms with E-state index in [1.807, 2.05) is 0 Å². The molecule has 0 N–H and O–H groups in total. The van der Waals surface area contributed by atoms with Gasteiger partial charge in [0.05, 0.1) is 0 Å². The normalized spacial score (nSPS) is 29.9. The highest BCUT2D eigenvalue weighted by atomic mass is 16.7. The van der Waals surface area contributed by atoms with E-state index in [2.05, 4.69) is 61.3 Å². The van der Waals surface area contributed by atoms with E-state index in [9.17, 15) is 0 Å². The Morgan fingerprint density at radius 1 is 1.00 bits per heavy atom. The van der Waals surface area contributed by atoms with E-state index < -0.39 is 0 Å². The summed E-state index contributed by atoms with van der Waals surface area (Å²) in [6.45, 7) is 2.52. The SMILES string of the molecule is Cc1ccc([C@H]2C[C@@H]3CC[C@H]([C@H]2Cc2ccc4c(c2)OCO4)N3C)cc1. The van der Waals surface area contributed by atoms with Crippen molar-refractivity contribution in [2.24, 2.45) is 5.92 Å². The fourth-order valence-electron chi connectivity index (χ4n) is 5.39. The molecule has 3 aliphatic heterocycles. The van der Waals surface area contributed by atoms with Crippen LogP contribution in [0.1, 0.15) is 41.9 Å².